The highest BCUT2D eigenvalue weighted by atomic mass is 32.1. The average molecular weight is 320 g/mol. The molecule has 0 radical (unpaired) electrons. The van der Waals surface area contributed by atoms with Crippen LogP contribution in [0.2, 0.25) is 0 Å². The summed E-state index contributed by atoms with van der Waals surface area (Å²) in [5, 5.41) is 14.3. The molecule has 2 aromatic rings. The van der Waals surface area contributed by atoms with Crippen molar-refractivity contribution in [2.24, 2.45) is 0 Å². The molecule has 1 amide bonds. The number of hydrogen-bond acceptors (Lipinski definition) is 5. The maximum Gasteiger partial charge on any atom is 0.328 e. The number of benzene rings is 1. The SMILES string of the molecule is COCC(NC(=O)c1cccc(-c2csc(C)n2)c1)C(=O)O. The van der Waals surface area contributed by atoms with Gasteiger partial charge in [0.25, 0.3) is 5.91 Å². The summed E-state index contributed by atoms with van der Waals surface area (Å²) in [6.07, 6.45) is 0. The van der Waals surface area contributed by atoms with E-state index < -0.39 is 17.9 Å². The number of carboxylic acids is 1. The number of aryl methyl sites for hydroxylation is 1. The second kappa shape index (κ2) is 7.15. The molecule has 0 aliphatic rings. The minimum absolute atomic E-state index is 0.0912. The predicted octanol–water partition coefficient (Wildman–Crippen LogP) is 1.95. The standard InChI is InChI=1S/C15H16N2O4S/c1-9-16-13(8-22-9)10-4-3-5-11(6-10)14(18)17-12(7-21-2)15(19)20/h3-6,8,12H,7H2,1-2H3,(H,17,18)(H,19,20). The van der Waals surface area contributed by atoms with Crippen molar-refractivity contribution in [3.63, 3.8) is 0 Å². The third kappa shape index (κ3) is 3.90. The van der Waals surface area contributed by atoms with Gasteiger partial charge in [0.2, 0.25) is 0 Å². The van der Waals surface area contributed by atoms with Crippen LogP contribution < -0.4 is 5.32 Å². The van der Waals surface area contributed by atoms with Crippen molar-refractivity contribution in [3.8, 4) is 11.3 Å². The van der Waals surface area contributed by atoms with Crippen LogP contribution in [0.5, 0.6) is 0 Å². The van der Waals surface area contributed by atoms with E-state index in [9.17, 15) is 9.59 Å². The smallest absolute Gasteiger partial charge is 0.328 e. The number of aliphatic carboxylic acids is 1. The van der Waals surface area contributed by atoms with Gasteiger partial charge in [0, 0.05) is 23.6 Å². The number of ether oxygens (including phenoxy) is 1. The van der Waals surface area contributed by atoms with Gasteiger partial charge in [0.05, 0.1) is 17.3 Å². The summed E-state index contributed by atoms with van der Waals surface area (Å²) in [6.45, 7) is 1.82. The first-order valence-corrected chi connectivity index (χ1v) is 7.44. The number of thiazole rings is 1. The predicted molar refractivity (Wildman–Crippen MR) is 83.1 cm³/mol. The van der Waals surface area contributed by atoms with E-state index in [1.165, 1.54) is 18.4 Å². The number of rotatable bonds is 6. The van der Waals surface area contributed by atoms with Crippen molar-refractivity contribution in [1.29, 1.82) is 0 Å². The number of carbonyl (C=O) groups is 2. The summed E-state index contributed by atoms with van der Waals surface area (Å²) in [7, 11) is 1.38. The maximum atomic E-state index is 12.2. The van der Waals surface area contributed by atoms with Gasteiger partial charge in [-0.05, 0) is 19.1 Å². The average Bonchev–Trinajstić information content (AvgIpc) is 2.93. The molecule has 0 saturated carbocycles. The fraction of sp³-hybridized carbons (Fsp3) is 0.267. The third-order valence-electron chi connectivity index (χ3n) is 2.98. The quantitative estimate of drug-likeness (QED) is 0.849. The molecule has 0 bridgehead atoms. The summed E-state index contributed by atoms with van der Waals surface area (Å²) in [5.41, 5.74) is 1.99. The molecule has 1 atom stereocenters. The second-order valence-corrected chi connectivity index (χ2v) is 5.71. The lowest BCUT2D eigenvalue weighted by Crippen LogP contribution is -2.43. The molecule has 7 heteroatoms. The largest absolute Gasteiger partial charge is 0.480 e. The first kappa shape index (κ1) is 16.1. The zero-order valence-corrected chi connectivity index (χ0v) is 13.0. The molecule has 2 N–H and O–H groups in total. The van der Waals surface area contributed by atoms with Gasteiger partial charge in [0.1, 0.15) is 0 Å². The van der Waals surface area contributed by atoms with Gasteiger partial charge in [-0.2, -0.15) is 0 Å². The highest BCUT2D eigenvalue weighted by molar-refractivity contribution is 7.09. The lowest BCUT2D eigenvalue weighted by molar-refractivity contribution is -0.140. The number of carbonyl (C=O) groups excluding carboxylic acids is 1. The molecule has 0 aliphatic carbocycles. The first-order chi connectivity index (χ1) is 10.5. The first-order valence-electron chi connectivity index (χ1n) is 6.56. The summed E-state index contributed by atoms with van der Waals surface area (Å²) in [6, 6.07) is 5.84. The Kier molecular flexibility index (Phi) is 5.24. The Morgan fingerprint density at radius 2 is 2.23 bits per heavy atom. The van der Waals surface area contributed by atoms with Crippen LogP contribution in [-0.4, -0.2) is 41.7 Å². The molecule has 1 unspecified atom stereocenters. The number of methoxy groups -OCH3 is 1. The fourth-order valence-corrected chi connectivity index (χ4v) is 2.52. The van der Waals surface area contributed by atoms with Gasteiger partial charge in [-0.1, -0.05) is 12.1 Å². The van der Waals surface area contributed by atoms with Crippen LogP contribution in [0, 0.1) is 6.92 Å². The van der Waals surface area contributed by atoms with Crippen LogP contribution in [0.1, 0.15) is 15.4 Å². The van der Waals surface area contributed by atoms with Gasteiger partial charge < -0.3 is 15.2 Å². The van der Waals surface area contributed by atoms with Gasteiger partial charge >= 0.3 is 5.97 Å². The number of nitrogens with zero attached hydrogens (tertiary/aromatic N) is 1. The van der Waals surface area contributed by atoms with Gasteiger partial charge in [-0.25, -0.2) is 9.78 Å². The van der Waals surface area contributed by atoms with Crippen molar-refractivity contribution in [2.45, 2.75) is 13.0 Å². The maximum absolute atomic E-state index is 12.2. The van der Waals surface area contributed by atoms with Gasteiger partial charge in [0.15, 0.2) is 6.04 Å². The van der Waals surface area contributed by atoms with Crippen molar-refractivity contribution in [1.82, 2.24) is 10.3 Å². The molecule has 0 aliphatic heterocycles. The van der Waals surface area contributed by atoms with Crippen LogP contribution in [0.15, 0.2) is 29.6 Å². The second-order valence-electron chi connectivity index (χ2n) is 4.65. The molecule has 0 saturated heterocycles. The number of amides is 1. The molecule has 0 fully saturated rings. The van der Waals surface area contributed by atoms with Crippen molar-refractivity contribution in [2.75, 3.05) is 13.7 Å². The minimum atomic E-state index is -1.14. The van der Waals surface area contributed by atoms with E-state index in [0.29, 0.717) is 5.56 Å². The molecular formula is C15H16N2O4S. The Morgan fingerprint density at radius 3 is 2.82 bits per heavy atom. The van der Waals surface area contributed by atoms with Crippen LogP contribution >= 0.6 is 11.3 Å². The number of carboxylic acid groups (broad SMARTS) is 1. The van der Waals surface area contributed by atoms with Crippen LogP contribution in [0.25, 0.3) is 11.3 Å². The van der Waals surface area contributed by atoms with E-state index >= 15 is 0 Å². The van der Waals surface area contributed by atoms with Crippen molar-refractivity contribution >= 4 is 23.2 Å². The Balaban J connectivity index is 2.18. The van der Waals surface area contributed by atoms with Gasteiger partial charge in [-0.3, -0.25) is 4.79 Å². The molecule has 116 valence electrons. The van der Waals surface area contributed by atoms with Crippen molar-refractivity contribution < 1.29 is 19.4 Å². The van der Waals surface area contributed by atoms with Crippen molar-refractivity contribution in [3.05, 3.63) is 40.2 Å². The summed E-state index contributed by atoms with van der Waals surface area (Å²) in [4.78, 5) is 27.6. The molecule has 1 aromatic carbocycles. The Hall–Kier alpha value is -2.25. The zero-order chi connectivity index (χ0) is 16.1. The Morgan fingerprint density at radius 1 is 1.45 bits per heavy atom. The number of hydrogen-bond donors (Lipinski definition) is 2. The van der Waals surface area contributed by atoms with Crippen LogP contribution in [0.4, 0.5) is 0 Å². The Labute approximate surface area is 131 Å². The topological polar surface area (TPSA) is 88.5 Å². The number of nitrogens with one attached hydrogen (secondary N) is 1. The van der Waals surface area contributed by atoms with Gasteiger partial charge in [-0.15, -0.1) is 11.3 Å². The van der Waals surface area contributed by atoms with Crippen LogP contribution in [0.3, 0.4) is 0 Å². The van der Waals surface area contributed by atoms with E-state index in [0.717, 1.165) is 16.3 Å². The normalized spacial score (nSPS) is 11.9. The molecule has 0 spiro atoms. The lowest BCUT2D eigenvalue weighted by atomic mass is 10.1. The molecule has 6 nitrogen and oxygen atoms in total. The highest BCUT2D eigenvalue weighted by Crippen LogP contribution is 2.22. The fourth-order valence-electron chi connectivity index (χ4n) is 1.90. The molecule has 2 rings (SSSR count). The third-order valence-corrected chi connectivity index (χ3v) is 3.75. The number of aromatic nitrogens is 1. The molecule has 1 aromatic heterocycles. The summed E-state index contributed by atoms with van der Waals surface area (Å²) in [5.74, 6) is -1.60. The van der Waals surface area contributed by atoms with E-state index in [4.69, 9.17) is 9.84 Å². The molecular weight excluding hydrogens is 304 g/mol. The Bertz CT molecular complexity index is 684. The van der Waals surface area contributed by atoms with E-state index in [2.05, 4.69) is 10.3 Å². The van der Waals surface area contributed by atoms with Crippen LogP contribution in [-0.2, 0) is 9.53 Å². The minimum Gasteiger partial charge on any atom is -0.480 e. The summed E-state index contributed by atoms with van der Waals surface area (Å²) < 4.78 is 4.79. The zero-order valence-electron chi connectivity index (χ0n) is 12.2. The van der Waals surface area contributed by atoms with E-state index in [-0.39, 0.29) is 6.61 Å². The molecule has 22 heavy (non-hydrogen) atoms. The lowest BCUT2D eigenvalue weighted by Gasteiger charge is -2.13. The van der Waals surface area contributed by atoms with E-state index in [1.54, 1.807) is 18.2 Å². The molecule has 1 heterocycles. The monoisotopic (exact) mass is 320 g/mol. The van der Waals surface area contributed by atoms with E-state index in [1.807, 2.05) is 18.4 Å². The highest BCUT2D eigenvalue weighted by Gasteiger charge is 2.20. The summed E-state index contributed by atoms with van der Waals surface area (Å²) >= 11 is 1.53.